The summed E-state index contributed by atoms with van der Waals surface area (Å²) in [6, 6.07) is 23.0. The molecule has 0 spiro atoms. The molecule has 2 aliphatic rings. The highest BCUT2D eigenvalue weighted by molar-refractivity contribution is 6.07. The van der Waals surface area contributed by atoms with Crippen LogP contribution < -0.4 is 9.80 Å². The van der Waals surface area contributed by atoms with Crippen molar-refractivity contribution < 1.29 is 24.3 Å². The number of para-hydroxylation sites is 2. The van der Waals surface area contributed by atoms with Crippen LogP contribution in [0.1, 0.15) is 17.2 Å². The van der Waals surface area contributed by atoms with Gasteiger partial charge in [0.15, 0.2) is 17.6 Å². The van der Waals surface area contributed by atoms with E-state index in [2.05, 4.69) is 0 Å². The van der Waals surface area contributed by atoms with E-state index in [1.54, 1.807) is 23.3 Å². The Morgan fingerprint density at radius 2 is 1.59 bits per heavy atom. The Kier molecular flexibility index (Phi) is 5.03. The number of hydroxylamine groups is 1. The number of rotatable bonds is 5. The number of phenols is 1. The number of methoxy groups -OCH3 is 1. The third-order valence-electron chi connectivity index (χ3n) is 5.97. The second-order valence-electron chi connectivity index (χ2n) is 7.80. The Morgan fingerprint density at radius 1 is 0.906 bits per heavy atom. The van der Waals surface area contributed by atoms with Crippen LogP contribution in [0.5, 0.6) is 11.5 Å². The van der Waals surface area contributed by atoms with Crippen LogP contribution in [-0.2, 0) is 21.0 Å². The number of ether oxygens (including phenoxy) is 1. The molecule has 2 aliphatic heterocycles. The van der Waals surface area contributed by atoms with E-state index in [-0.39, 0.29) is 29.9 Å². The first-order valence-electron chi connectivity index (χ1n) is 10.4. The van der Waals surface area contributed by atoms with Crippen LogP contribution in [0.2, 0.25) is 0 Å². The van der Waals surface area contributed by atoms with Crippen LogP contribution in [0.15, 0.2) is 78.9 Å². The van der Waals surface area contributed by atoms with Gasteiger partial charge in [-0.1, -0.05) is 60.7 Å². The van der Waals surface area contributed by atoms with Gasteiger partial charge in [0.2, 0.25) is 5.91 Å². The summed E-state index contributed by atoms with van der Waals surface area (Å²) < 4.78 is 5.27. The lowest BCUT2D eigenvalue weighted by Gasteiger charge is -2.29. The second kappa shape index (κ2) is 8.01. The molecule has 2 fully saturated rings. The summed E-state index contributed by atoms with van der Waals surface area (Å²) in [5.74, 6) is -1.29. The zero-order valence-corrected chi connectivity index (χ0v) is 17.4. The number of benzene rings is 3. The average molecular weight is 430 g/mol. The summed E-state index contributed by atoms with van der Waals surface area (Å²) in [4.78, 5) is 34.1. The first-order chi connectivity index (χ1) is 15.6. The number of nitrogens with zero attached hydrogens (tertiary/aromatic N) is 2. The first kappa shape index (κ1) is 20.1. The fraction of sp³-hybridized carbons (Fsp3) is 0.200. The van der Waals surface area contributed by atoms with Crippen LogP contribution in [0.4, 0.5) is 5.69 Å². The summed E-state index contributed by atoms with van der Waals surface area (Å²) in [5, 5.41) is 12.4. The number of hydrogen-bond acceptors (Lipinski definition) is 6. The Morgan fingerprint density at radius 3 is 2.28 bits per heavy atom. The summed E-state index contributed by atoms with van der Waals surface area (Å²) >= 11 is 0. The summed E-state index contributed by atoms with van der Waals surface area (Å²) in [6.45, 7) is 0.178. The van der Waals surface area contributed by atoms with Crippen molar-refractivity contribution >= 4 is 17.5 Å². The summed E-state index contributed by atoms with van der Waals surface area (Å²) in [5.41, 5.74) is 2.00. The molecule has 0 radical (unpaired) electrons. The molecule has 3 atom stereocenters. The van der Waals surface area contributed by atoms with Crippen LogP contribution in [0, 0.1) is 5.92 Å². The highest BCUT2D eigenvalue weighted by Gasteiger charge is 2.60. The highest BCUT2D eigenvalue weighted by atomic mass is 16.7. The maximum atomic E-state index is 13.5. The molecular weight excluding hydrogens is 408 g/mol. The molecule has 2 amide bonds. The number of likely N-dealkylation sites (tertiary alicyclic amines) is 1. The average Bonchev–Trinajstić information content (AvgIpc) is 3.32. The van der Waals surface area contributed by atoms with Crippen LogP contribution in [0.25, 0.3) is 0 Å². The lowest BCUT2D eigenvalue weighted by Crippen LogP contribution is -2.37. The van der Waals surface area contributed by atoms with E-state index in [9.17, 15) is 14.7 Å². The molecule has 0 unspecified atom stereocenters. The Labute approximate surface area is 185 Å². The Bertz CT molecular complexity index is 1150. The standard InChI is InChI=1S/C25H22N2O5/c1-31-19-14-8-13-18(22(19)28)21-20-23(32-27(21)17-11-6-3-7-12-17)25(30)26(24(20)29)15-16-9-4-2-5-10-16/h2-14,20-21,23,28H,15H2,1H3/t20-,21-,23-/m1/s1. The number of anilines is 1. The summed E-state index contributed by atoms with van der Waals surface area (Å²) in [7, 11) is 1.47. The van der Waals surface area contributed by atoms with Gasteiger partial charge in [0.25, 0.3) is 5.91 Å². The van der Waals surface area contributed by atoms with E-state index in [0.717, 1.165) is 5.56 Å². The van der Waals surface area contributed by atoms with Gasteiger partial charge in [0.05, 0.1) is 19.3 Å². The van der Waals surface area contributed by atoms with E-state index >= 15 is 0 Å². The minimum Gasteiger partial charge on any atom is -0.504 e. The van der Waals surface area contributed by atoms with Crippen molar-refractivity contribution in [2.75, 3.05) is 12.2 Å². The monoisotopic (exact) mass is 430 g/mol. The predicted octanol–water partition coefficient (Wildman–Crippen LogP) is 3.45. The number of phenolic OH excluding ortho intramolecular Hbond substituents is 1. The zero-order valence-electron chi connectivity index (χ0n) is 17.4. The van der Waals surface area contributed by atoms with Gasteiger partial charge in [-0.05, 0) is 23.8 Å². The Balaban J connectivity index is 1.57. The van der Waals surface area contributed by atoms with Gasteiger partial charge in [-0.25, -0.2) is 5.06 Å². The predicted molar refractivity (Wildman–Crippen MR) is 117 cm³/mol. The lowest BCUT2D eigenvalue weighted by atomic mass is 9.90. The molecule has 2 saturated heterocycles. The number of carbonyl (C=O) groups excluding carboxylic acids is 2. The fourth-order valence-corrected chi connectivity index (χ4v) is 4.45. The van der Waals surface area contributed by atoms with Crippen molar-refractivity contribution in [3.8, 4) is 11.5 Å². The van der Waals surface area contributed by atoms with Crippen molar-refractivity contribution in [2.24, 2.45) is 5.92 Å². The molecule has 2 heterocycles. The maximum absolute atomic E-state index is 13.5. The number of carbonyl (C=O) groups is 2. The number of amides is 2. The van der Waals surface area contributed by atoms with Gasteiger partial charge in [0, 0.05) is 5.56 Å². The van der Waals surface area contributed by atoms with E-state index < -0.39 is 18.1 Å². The lowest BCUT2D eigenvalue weighted by molar-refractivity contribution is -0.143. The van der Waals surface area contributed by atoms with Crippen molar-refractivity contribution in [3.05, 3.63) is 90.0 Å². The van der Waals surface area contributed by atoms with Crippen LogP contribution in [0.3, 0.4) is 0 Å². The molecule has 32 heavy (non-hydrogen) atoms. The minimum absolute atomic E-state index is 0.0769. The molecular formula is C25H22N2O5. The smallest absolute Gasteiger partial charge is 0.262 e. The molecule has 3 aromatic rings. The number of fused-ring (bicyclic) bond motifs is 1. The maximum Gasteiger partial charge on any atom is 0.262 e. The largest absolute Gasteiger partial charge is 0.504 e. The third kappa shape index (κ3) is 3.18. The fourth-order valence-electron chi connectivity index (χ4n) is 4.45. The van der Waals surface area contributed by atoms with Crippen molar-refractivity contribution in [3.63, 3.8) is 0 Å². The molecule has 0 aromatic heterocycles. The molecule has 7 nitrogen and oxygen atoms in total. The SMILES string of the molecule is COc1cccc([C@@H]2[C@H]3C(=O)N(Cc4ccccc4)C(=O)[C@@H]3ON2c2ccccc2)c1O. The molecule has 1 N–H and O–H groups in total. The topological polar surface area (TPSA) is 79.3 Å². The normalized spacial score (nSPS) is 22.3. The molecule has 0 aliphatic carbocycles. The van der Waals surface area contributed by atoms with Crippen LogP contribution >= 0.6 is 0 Å². The van der Waals surface area contributed by atoms with Crippen molar-refractivity contribution in [1.82, 2.24) is 4.90 Å². The number of aromatic hydroxyl groups is 1. The van der Waals surface area contributed by atoms with Crippen molar-refractivity contribution in [2.45, 2.75) is 18.7 Å². The minimum atomic E-state index is -0.970. The van der Waals surface area contributed by atoms with E-state index in [1.807, 2.05) is 60.7 Å². The molecule has 5 rings (SSSR count). The van der Waals surface area contributed by atoms with Gasteiger partial charge in [-0.3, -0.25) is 19.3 Å². The van der Waals surface area contributed by atoms with Gasteiger partial charge < -0.3 is 9.84 Å². The second-order valence-corrected chi connectivity index (χ2v) is 7.80. The quantitative estimate of drug-likeness (QED) is 0.625. The van der Waals surface area contributed by atoms with Crippen molar-refractivity contribution in [1.29, 1.82) is 0 Å². The highest BCUT2D eigenvalue weighted by Crippen LogP contribution is 2.50. The molecule has 0 saturated carbocycles. The van der Waals surface area contributed by atoms with E-state index in [1.165, 1.54) is 12.0 Å². The Hall–Kier alpha value is -3.84. The van der Waals surface area contributed by atoms with E-state index in [4.69, 9.17) is 9.57 Å². The molecule has 7 heteroatoms. The summed E-state index contributed by atoms with van der Waals surface area (Å²) in [6.07, 6.45) is -0.970. The van der Waals surface area contributed by atoms with Crippen LogP contribution in [-0.4, -0.2) is 35.0 Å². The van der Waals surface area contributed by atoms with E-state index in [0.29, 0.717) is 11.3 Å². The molecule has 0 bridgehead atoms. The van der Waals surface area contributed by atoms with Gasteiger partial charge in [0.1, 0.15) is 12.0 Å². The van der Waals surface area contributed by atoms with Gasteiger partial charge in [-0.2, -0.15) is 0 Å². The third-order valence-corrected chi connectivity index (χ3v) is 5.97. The first-order valence-corrected chi connectivity index (χ1v) is 10.4. The molecule has 162 valence electrons. The van der Waals surface area contributed by atoms with Gasteiger partial charge >= 0.3 is 0 Å². The number of imide groups is 1. The molecule has 3 aromatic carbocycles. The zero-order chi connectivity index (χ0) is 22.2. The number of hydrogen-bond donors (Lipinski definition) is 1. The van der Waals surface area contributed by atoms with Gasteiger partial charge in [-0.15, -0.1) is 0 Å².